The number of carbonyl (C=O) groups excluding carboxylic acids is 1. The number of amides is 1. The minimum Gasteiger partial charge on any atom is -0.497 e. The summed E-state index contributed by atoms with van der Waals surface area (Å²) in [6, 6.07) is 13.9. The predicted octanol–water partition coefficient (Wildman–Crippen LogP) is 2.28. The molecule has 0 aromatic heterocycles. The molecule has 8 nitrogen and oxygen atoms in total. The summed E-state index contributed by atoms with van der Waals surface area (Å²) in [7, 11) is 0.508. The fourth-order valence-electron chi connectivity index (χ4n) is 3.37. The van der Waals surface area contributed by atoms with E-state index in [0.29, 0.717) is 5.56 Å². The highest BCUT2D eigenvalue weighted by Gasteiger charge is 2.23. The van der Waals surface area contributed by atoms with Crippen LogP contribution in [0.2, 0.25) is 0 Å². The van der Waals surface area contributed by atoms with Crippen molar-refractivity contribution >= 4 is 21.6 Å². The molecule has 0 aliphatic carbocycles. The Morgan fingerprint density at radius 1 is 1.03 bits per heavy atom. The van der Waals surface area contributed by atoms with Crippen LogP contribution in [0.1, 0.15) is 23.2 Å². The molecule has 1 N–H and O–H groups in total. The smallest absolute Gasteiger partial charge is 0.264 e. The van der Waals surface area contributed by atoms with Crippen LogP contribution in [0.5, 0.6) is 5.75 Å². The Hall–Kier alpha value is -2.62. The molecule has 2 aromatic rings. The number of carbonyl (C=O) groups is 1. The summed E-state index contributed by atoms with van der Waals surface area (Å²) < 4.78 is 30.4. The van der Waals surface area contributed by atoms with Crippen LogP contribution >= 0.6 is 0 Å². The van der Waals surface area contributed by atoms with Crippen LogP contribution in [0.15, 0.2) is 53.4 Å². The zero-order valence-electron chi connectivity index (χ0n) is 17.4. The molecule has 0 spiro atoms. The lowest BCUT2D eigenvalue weighted by Gasteiger charge is -2.34. The number of nitrogens with zero attached hydrogens (tertiary/aromatic N) is 2. The van der Waals surface area contributed by atoms with E-state index in [1.807, 2.05) is 24.3 Å². The minimum atomic E-state index is -3.73. The van der Waals surface area contributed by atoms with Gasteiger partial charge in [0.25, 0.3) is 15.9 Å². The lowest BCUT2D eigenvalue weighted by molar-refractivity contribution is -0.0258. The molecule has 1 saturated heterocycles. The van der Waals surface area contributed by atoms with Gasteiger partial charge in [0, 0.05) is 37.4 Å². The van der Waals surface area contributed by atoms with E-state index < -0.39 is 10.0 Å². The maximum atomic E-state index is 12.6. The van der Waals surface area contributed by atoms with E-state index >= 15 is 0 Å². The van der Waals surface area contributed by atoms with Gasteiger partial charge >= 0.3 is 0 Å². The average molecular weight is 434 g/mol. The first-order valence-electron chi connectivity index (χ1n) is 9.68. The Balaban J connectivity index is 1.55. The molecule has 3 rings (SSSR count). The molecular weight excluding hydrogens is 406 g/mol. The van der Waals surface area contributed by atoms with E-state index in [1.165, 1.54) is 38.4 Å². The summed E-state index contributed by atoms with van der Waals surface area (Å²) in [6.07, 6.45) is 1.67. The lowest BCUT2D eigenvalue weighted by Crippen LogP contribution is -2.44. The molecule has 1 fully saturated rings. The number of sulfonamides is 1. The zero-order chi connectivity index (χ0) is 21.7. The van der Waals surface area contributed by atoms with Gasteiger partial charge in [-0.1, -0.05) is 4.47 Å². The highest BCUT2D eigenvalue weighted by molar-refractivity contribution is 7.89. The Bertz CT molecular complexity index is 953. The number of hydrogen-bond acceptors (Lipinski definition) is 6. The molecule has 2 aromatic carbocycles. The molecule has 0 atom stereocenters. The van der Waals surface area contributed by atoms with Gasteiger partial charge in [-0.3, -0.25) is 9.63 Å². The van der Waals surface area contributed by atoms with Gasteiger partial charge in [-0.25, -0.2) is 8.42 Å². The van der Waals surface area contributed by atoms with Crippen LogP contribution < -0.4 is 15.0 Å². The van der Waals surface area contributed by atoms with Crippen molar-refractivity contribution in [3.05, 3.63) is 54.1 Å². The summed E-state index contributed by atoms with van der Waals surface area (Å²) in [5, 5.41) is 3.05. The monoisotopic (exact) mass is 433 g/mol. The SMILES string of the molecule is COc1ccc(N2CCC(NC(=O)c3ccc(S(=O)(=O)N(C)OC)cc3)CC2)cc1. The summed E-state index contributed by atoms with van der Waals surface area (Å²) in [6.45, 7) is 1.69. The fraction of sp³-hybridized carbons (Fsp3) is 0.381. The first kappa shape index (κ1) is 22.1. The summed E-state index contributed by atoms with van der Waals surface area (Å²) in [4.78, 5) is 19.7. The first-order valence-corrected chi connectivity index (χ1v) is 11.1. The molecule has 1 heterocycles. The fourth-order valence-corrected chi connectivity index (χ4v) is 4.34. The minimum absolute atomic E-state index is 0.0659. The van der Waals surface area contributed by atoms with E-state index in [2.05, 4.69) is 10.2 Å². The molecule has 0 radical (unpaired) electrons. The van der Waals surface area contributed by atoms with Gasteiger partial charge in [0.05, 0.1) is 19.1 Å². The highest BCUT2D eigenvalue weighted by atomic mass is 32.2. The number of nitrogens with one attached hydrogen (secondary N) is 1. The summed E-state index contributed by atoms with van der Waals surface area (Å²) in [5.74, 6) is 0.621. The second-order valence-corrected chi connectivity index (χ2v) is 8.99. The van der Waals surface area contributed by atoms with Gasteiger partial charge in [0.15, 0.2) is 0 Å². The van der Waals surface area contributed by atoms with Crippen molar-refractivity contribution in [3.8, 4) is 5.75 Å². The van der Waals surface area contributed by atoms with Crippen LogP contribution in [0.25, 0.3) is 0 Å². The number of piperidine rings is 1. The maximum Gasteiger partial charge on any atom is 0.264 e. The molecule has 0 saturated carbocycles. The average Bonchev–Trinajstić information content (AvgIpc) is 2.79. The van der Waals surface area contributed by atoms with Gasteiger partial charge in [-0.05, 0) is 61.4 Å². The molecule has 1 aliphatic rings. The largest absolute Gasteiger partial charge is 0.497 e. The Kier molecular flexibility index (Phi) is 6.96. The predicted molar refractivity (Wildman–Crippen MR) is 114 cm³/mol. The highest BCUT2D eigenvalue weighted by Crippen LogP contribution is 2.23. The van der Waals surface area contributed by atoms with Crippen LogP contribution in [0, 0.1) is 0 Å². The van der Waals surface area contributed by atoms with Crippen LogP contribution in [-0.2, 0) is 14.9 Å². The summed E-state index contributed by atoms with van der Waals surface area (Å²) >= 11 is 0. The number of anilines is 1. The number of rotatable bonds is 7. The number of hydroxylamine groups is 1. The first-order chi connectivity index (χ1) is 14.3. The van der Waals surface area contributed by atoms with Gasteiger partial charge < -0.3 is 15.0 Å². The second-order valence-electron chi connectivity index (χ2n) is 7.05. The van der Waals surface area contributed by atoms with E-state index in [9.17, 15) is 13.2 Å². The standard InChI is InChI=1S/C21H27N3O5S/c1-23(29-3)30(26,27)20-10-4-16(5-11-20)21(25)22-17-12-14-24(15-13-17)18-6-8-19(28-2)9-7-18/h4-11,17H,12-15H2,1-3H3,(H,22,25). The molecule has 1 amide bonds. The van der Waals surface area contributed by atoms with Gasteiger partial charge in [-0.2, -0.15) is 0 Å². The Labute approximate surface area is 177 Å². The topological polar surface area (TPSA) is 88.2 Å². The molecular formula is C21H27N3O5S. The van der Waals surface area contributed by atoms with Crippen molar-refractivity contribution in [1.82, 2.24) is 9.79 Å². The van der Waals surface area contributed by atoms with Crippen LogP contribution in [-0.4, -0.2) is 59.2 Å². The number of ether oxygens (including phenoxy) is 1. The van der Waals surface area contributed by atoms with Crippen LogP contribution in [0.4, 0.5) is 5.69 Å². The molecule has 1 aliphatic heterocycles. The van der Waals surface area contributed by atoms with Gasteiger partial charge in [0.2, 0.25) is 0 Å². The molecule has 162 valence electrons. The molecule has 9 heteroatoms. The normalized spacial score (nSPS) is 15.3. The summed E-state index contributed by atoms with van der Waals surface area (Å²) in [5.41, 5.74) is 1.56. The van der Waals surface area contributed by atoms with E-state index in [1.54, 1.807) is 7.11 Å². The lowest BCUT2D eigenvalue weighted by atomic mass is 10.0. The second kappa shape index (κ2) is 9.46. The van der Waals surface area contributed by atoms with Crippen molar-refractivity contribution in [2.75, 3.05) is 39.3 Å². The number of methoxy groups -OCH3 is 1. The van der Waals surface area contributed by atoms with Gasteiger partial charge in [0.1, 0.15) is 5.75 Å². The number of hydrogen-bond donors (Lipinski definition) is 1. The molecule has 30 heavy (non-hydrogen) atoms. The molecule has 0 unspecified atom stereocenters. The third-order valence-electron chi connectivity index (χ3n) is 5.28. The Morgan fingerprint density at radius 3 is 2.17 bits per heavy atom. The van der Waals surface area contributed by atoms with Crippen molar-refractivity contribution in [3.63, 3.8) is 0 Å². The van der Waals surface area contributed by atoms with E-state index in [-0.39, 0.29) is 16.8 Å². The van der Waals surface area contributed by atoms with Gasteiger partial charge in [-0.15, -0.1) is 0 Å². The van der Waals surface area contributed by atoms with E-state index in [4.69, 9.17) is 9.57 Å². The van der Waals surface area contributed by atoms with Crippen molar-refractivity contribution in [1.29, 1.82) is 0 Å². The van der Waals surface area contributed by atoms with E-state index in [0.717, 1.165) is 41.8 Å². The third kappa shape index (κ3) is 4.92. The molecule has 0 bridgehead atoms. The van der Waals surface area contributed by atoms with Crippen molar-refractivity contribution in [2.45, 2.75) is 23.8 Å². The quantitative estimate of drug-likeness (QED) is 0.674. The third-order valence-corrected chi connectivity index (χ3v) is 6.97. The van der Waals surface area contributed by atoms with Crippen molar-refractivity contribution in [2.24, 2.45) is 0 Å². The van der Waals surface area contributed by atoms with Crippen molar-refractivity contribution < 1.29 is 22.8 Å². The maximum absolute atomic E-state index is 12.6. The zero-order valence-corrected chi connectivity index (χ0v) is 18.2. The number of benzene rings is 2. The Morgan fingerprint density at radius 2 is 1.63 bits per heavy atom. The van der Waals surface area contributed by atoms with Crippen LogP contribution in [0.3, 0.4) is 0 Å².